The summed E-state index contributed by atoms with van der Waals surface area (Å²) >= 11 is 0. The van der Waals surface area contributed by atoms with E-state index >= 15 is 0 Å². The molecule has 4 rings (SSSR count). The minimum absolute atomic E-state index is 0.595. The SMILES string of the molecule is CC(c1c[nH]c2ccc(C3CCCCC3)cc12)C1CCCN1. The van der Waals surface area contributed by atoms with Crippen LogP contribution >= 0.6 is 0 Å². The molecule has 2 aliphatic rings. The Hall–Kier alpha value is -1.28. The van der Waals surface area contributed by atoms with Crippen LogP contribution in [0.3, 0.4) is 0 Å². The van der Waals surface area contributed by atoms with Crippen molar-refractivity contribution in [1.82, 2.24) is 10.3 Å². The molecule has 2 aromatic rings. The Labute approximate surface area is 133 Å². The van der Waals surface area contributed by atoms with Crippen molar-refractivity contribution < 1.29 is 0 Å². The van der Waals surface area contributed by atoms with Gasteiger partial charge in [-0.1, -0.05) is 32.3 Å². The van der Waals surface area contributed by atoms with Gasteiger partial charge < -0.3 is 10.3 Å². The number of rotatable bonds is 3. The Kier molecular flexibility index (Phi) is 3.96. The zero-order chi connectivity index (χ0) is 14.9. The second-order valence-electron chi connectivity index (χ2n) is 7.38. The number of H-pyrrole nitrogens is 1. The van der Waals surface area contributed by atoms with Crippen molar-refractivity contribution in [3.8, 4) is 0 Å². The van der Waals surface area contributed by atoms with Crippen LogP contribution in [0.5, 0.6) is 0 Å². The molecule has 0 bridgehead atoms. The zero-order valence-corrected chi connectivity index (χ0v) is 13.7. The third kappa shape index (κ3) is 2.58. The molecule has 2 nitrogen and oxygen atoms in total. The van der Waals surface area contributed by atoms with Gasteiger partial charge in [-0.15, -0.1) is 0 Å². The van der Waals surface area contributed by atoms with E-state index in [-0.39, 0.29) is 0 Å². The number of aromatic nitrogens is 1. The van der Waals surface area contributed by atoms with Gasteiger partial charge in [0.2, 0.25) is 0 Å². The summed E-state index contributed by atoms with van der Waals surface area (Å²) in [6.45, 7) is 3.57. The number of fused-ring (bicyclic) bond motifs is 1. The van der Waals surface area contributed by atoms with Crippen molar-refractivity contribution in [2.75, 3.05) is 6.54 Å². The fourth-order valence-electron chi connectivity index (χ4n) is 4.58. The van der Waals surface area contributed by atoms with Crippen LogP contribution in [-0.2, 0) is 0 Å². The van der Waals surface area contributed by atoms with Gasteiger partial charge in [0.15, 0.2) is 0 Å². The fourth-order valence-corrected chi connectivity index (χ4v) is 4.58. The smallest absolute Gasteiger partial charge is 0.0457 e. The maximum Gasteiger partial charge on any atom is 0.0457 e. The molecule has 2 unspecified atom stereocenters. The van der Waals surface area contributed by atoms with Gasteiger partial charge in [-0.05, 0) is 67.3 Å². The maximum absolute atomic E-state index is 3.67. The standard InChI is InChI=1S/C20H28N2/c1-14(19-8-5-11-21-19)18-13-22-20-10-9-16(12-17(18)20)15-6-3-2-4-7-15/h9-10,12-15,19,21-22H,2-8,11H2,1H3. The lowest BCUT2D eigenvalue weighted by atomic mass is 9.83. The molecule has 2 heteroatoms. The van der Waals surface area contributed by atoms with E-state index in [1.165, 1.54) is 68.0 Å². The van der Waals surface area contributed by atoms with Crippen LogP contribution in [0.1, 0.15) is 74.8 Å². The van der Waals surface area contributed by atoms with Crippen LogP contribution in [0.15, 0.2) is 24.4 Å². The van der Waals surface area contributed by atoms with Gasteiger partial charge in [0.1, 0.15) is 0 Å². The monoisotopic (exact) mass is 296 g/mol. The van der Waals surface area contributed by atoms with Crippen LogP contribution in [-0.4, -0.2) is 17.6 Å². The molecule has 2 N–H and O–H groups in total. The van der Waals surface area contributed by atoms with Crippen molar-refractivity contribution in [3.05, 3.63) is 35.5 Å². The first-order valence-electron chi connectivity index (χ1n) is 9.17. The van der Waals surface area contributed by atoms with E-state index in [0.29, 0.717) is 12.0 Å². The minimum Gasteiger partial charge on any atom is -0.361 e. The average Bonchev–Trinajstić information content (AvgIpc) is 3.24. The van der Waals surface area contributed by atoms with E-state index < -0.39 is 0 Å². The molecule has 1 saturated heterocycles. The molecule has 1 aliphatic carbocycles. The van der Waals surface area contributed by atoms with Gasteiger partial charge in [0, 0.05) is 23.1 Å². The Morgan fingerprint density at radius 3 is 2.68 bits per heavy atom. The molecule has 1 aliphatic heterocycles. The molecule has 0 amide bonds. The Morgan fingerprint density at radius 2 is 1.91 bits per heavy atom. The lowest BCUT2D eigenvalue weighted by molar-refractivity contribution is 0.444. The molecule has 0 spiro atoms. The third-order valence-electron chi connectivity index (χ3n) is 6.01. The fraction of sp³-hybridized carbons (Fsp3) is 0.600. The zero-order valence-electron chi connectivity index (χ0n) is 13.7. The number of nitrogens with one attached hydrogen (secondary N) is 2. The summed E-state index contributed by atoms with van der Waals surface area (Å²) in [5.41, 5.74) is 4.38. The molecule has 0 radical (unpaired) electrons. The molecule has 118 valence electrons. The molecular formula is C20H28N2. The first-order chi connectivity index (χ1) is 10.8. The van der Waals surface area contributed by atoms with E-state index in [1.807, 2.05) is 0 Å². The molecule has 1 saturated carbocycles. The lowest BCUT2D eigenvalue weighted by Crippen LogP contribution is -2.27. The summed E-state index contributed by atoms with van der Waals surface area (Å²) in [6, 6.07) is 7.80. The largest absolute Gasteiger partial charge is 0.361 e. The predicted octanol–water partition coefficient (Wildman–Crippen LogP) is 5.07. The van der Waals surface area contributed by atoms with Gasteiger partial charge in [-0.25, -0.2) is 0 Å². The molecule has 2 heterocycles. The van der Waals surface area contributed by atoms with Gasteiger partial charge in [0.25, 0.3) is 0 Å². The molecule has 1 aromatic heterocycles. The van der Waals surface area contributed by atoms with Crippen LogP contribution in [0.4, 0.5) is 0 Å². The Bertz CT molecular complexity index is 630. The van der Waals surface area contributed by atoms with E-state index in [9.17, 15) is 0 Å². The van der Waals surface area contributed by atoms with E-state index in [2.05, 4.69) is 41.6 Å². The van der Waals surface area contributed by atoms with Gasteiger partial charge >= 0.3 is 0 Å². The highest BCUT2D eigenvalue weighted by Gasteiger charge is 2.24. The topological polar surface area (TPSA) is 27.8 Å². The van der Waals surface area contributed by atoms with Crippen LogP contribution in [0.25, 0.3) is 10.9 Å². The average molecular weight is 296 g/mol. The number of aromatic amines is 1. The summed E-state index contributed by atoms with van der Waals surface area (Å²) in [6.07, 6.45) is 11.9. The Balaban J connectivity index is 1.66. The number of hydrogen-bond donors (Lipinski definition) is 2. The summed E-state index contributed by atoms with van der Waals surface area (Å²) in [5.74, 6) is 1.39. The Morgan fingerprint density at radius 1 is 1.05 bits per heavy atom. The molecule has 2 fully saturated rings. The first-order valence-corrected chi connectivity index (χ1v) is 9.17. The second-order valence-corrected chi connectivity index (χ2v) is 7.38. The maximum atomic E-state index is 3.67. The highest BCUT2D eigenvalue weighted by molar-refractivity contribution is 5.84. The van der Waals surface area contributed by atoms with Crippen molar-refractivity contribution in [1.29, 1.82) is 0 Å². The highest BCUT2D eigenvalue weighted by atomic mass is 14.9. The van der Waals surface area contributed by atoms with Crippen molar-refractivity contribution in [2.24, 2.45) is 0 Å². The van der Waals surface area contributed by atoms with Crippen molar-refractivity contribution >= 4 is 10.9 Å². The third-order valence-corrected chi connectivity index (χ3v) is 6.01. The van der Waals surface area contributed by atoms with Crippen LogP contribution < -0.4 is 5.32 Å². The quantitative estimate of drug-likeness (QED) is 0.813. The van der Waals surface area contributed by atoms with Crippen LogP contribution in [0, 0.1) is 0 Å². The van der Waals surface area contributed by atoms with Gasteiger partial charge in [0.05, 0.1) is 0 Å². The van der Waals surface area contributed by atoms with Crippen molar-refractivity contribution in [3.63, 3.8) is 0 Å². The van der Waals surface area contributed by atoms with Gasteiger partial charge in [-0.3, -0.25) is 0 Å². The van der Waals surface area contributed by atoms with E-state index in [0.717, 1.165) is 5.92 Å². The minimum atomic E-state index is 0.595. The van der Waals surface area contributed by atoms with E-state index in [1.54, 1.807) is 5.56 Å². The predicted molar refractivity (Wildman–Crippen MR) is 93.6 cm³/mol. The summed E-state index contributed by atoms with van der Waals surface area (Å²) in [4.78, 5) is 3.49. The second kappa shape index (κ2) is 6.08. The summed E-state index contributed by atoms with van der Waals surface area (Å²) in [7, 11) is 0. The highest BCUT2D eigenvalue weighted by Crippen LogP contribution is 2.36. The van der Waals surface area contributed by atoms with Crippen molar-refractivity contribution in [2.45, 2.75) is 69.7 Å². The van der Waals surface area contributed by atoms with Crippen LogP contribution in [0.2, 0.25) is 0 Å². The lowest BCUT2D eigenvalue weighted by Gasteiger charge is -2.23. The van der Waals surface area contributed by atoms with E-state index in [4.69, 9.17) is 0 Å². The molecular weight excluding hydrogens is 268 g/mol. The first kappa shape index (κ1) is 14.3. The number of hydrogen-bond acceptors (Lipinski definition) is 1. The summed E-state index contributed by atoms with van der Waals surface area (Å²) < 4.78 is 0. The van der Waals surface area contributed by atoms with Gasteiger partial charge in [-0.2, -0.15) is 0 Å². The molecule has 1 aromatic carbocycles. The molecule has 22 heavy (non-hydrogen) atoms. The summed E-state index contributed by atoms with van der Waals surface area (Å²) in [5, 5.41) is 5.14. The number of benzene rings is 1. The normalized spacial score (nSPS) is 24.9. The molecule has 2 atom stereocenters.